The van der Waals surface area contributed by atoms with E-state index in [0.29, 0.717) is 6.07 Å². The van der Waals surface area contributed by atoms with E-state index in [1.54, 1.807) is 0 Å². The number of halogens is 6. The number of ether oxygens (including phenoxy) is 1. The Hall–Kier alpha value is -2.23. The first kappa shape index (κ1) is 21.1. The largest absolute Gasteiger partial charge is 0.482 e. The Morgan fingerprint density at radius 2 is 1.74 bits per heavy atom. The molecule has 2 aromatic rings. The van der Waals surface area contributed by atoms with E-state index in [4.69, 9.17) is 39.5 Å². The predicted molar refractivity (Wildman–Crippen MR) is 93.7 cm³/mol. The van der Waals surface area contributed by atoms with Gasteiger partial charge in [0.2, 0.25) is 0 Å². The van der Waals surface area contributed by atoms with Crippen LogP contribution in [-0.4, -0.2) is 17.4 Å². The van der Waals surface area contributed by atoms with Crippen LogP contribution < -0.4 is 10.1 Å². The van der Waals surface area contributed by atoms with Gasteiger partial charge in [-0.1, -0.05) is 34.8 Å². The topological polar surface area (TPSA) is 81.5 Å². The highest BCUT2D eigenvalue weighted by Crippen LogP contribution is 2.37. The van der Waals surface area contributed by atoms with Gasteiger partial charge in [-0.05, 0) is 12.1 Å². The molecule has 2 aromatic carbocycles. The number of nitrogens with zero attached hydrogens (tertiary/aromatic N) is 1. The minimum absolute atomic E-state index is 0.000890. The van der Waals surface area contributed by atoms with Crippen molar-refractivity contribution < 1.29 is 27.6 Å². The van der Waals surface area contributed by atoms with E-state index in [2.05, 4.69) is 0 Å². The molecular formula is C15H8Cl3F3N2O4. The summed E-state index contributed by atoms with van der Waals surface area (Å²) in [5, 5.41) is 12.9. The van der Waals surface area contributed by atoms with Crippen molar-refractivity contribution in [1.82, 2.24) is 0 Å². The second-order valence-corrected chi connectivity index (χ2v) is 6.24. The van der Waals surface area contributed by atoms with Crippen molar-refractivity contribution in [3.63, 3.8) is 0 Å². The number of nitrogens with one attached hydrogen (secondary N) is 1. The van der Waals surface area contributed by atoms with Crippen molar-refractivity contribution in [3.05, 3.63) is 61.1 Å². The fraction of sp³-hybridized carbons (Fsp3) is 0.133. The molecule has 144 valence electrons. The first-order valence-corrected chi connectivity index (χ1v) is 8.05. The lowest BCUT2D eigenvalue weighted by atomic mass is 10.1. The van der Waals surface area contributed by atoms with Gasteiger partial charge in [0.1, 0.15) is 5.75 Å². The molecule has 6 nitrogen and oxygen atoms in total. The molecule has 12 heteroatoms. The molecule has 0 heterocycles. The number of amides is 1. The van der Waals surface area contributed by atoms with Gasteiger partial charge in [-0.25, -0.2) is 0 Å². The lowest BCUT2D eigenvalue weighted by molar-refractivity contribution is -0.385. The van der Waals surface area contributed by atoms with Gasteiger partial charge >= 0.3 is 6.18 Å². The maximum Gasteiger partial charge on any atom is 0.418 e. The zero-order valence-corrected chi connectivity index (χ0v) is 15.2. The van der Waals surface area contributed by atoms with Crippen LogP contribution in [0.1, 0.15) is 5.56 Å². The van der Waals surface area contributed by atoms with Gasteiger partial charge in [0.05, 0.1) is 31.2 Å². The fourth-order valence-corrected chi connectivity index (χ4v) is 2.53. The van der Waals surface area contributed by atoms with E-state index < -0.39 is 40.6 Å². The molecule has 0 aliphatic heterocycles. The number of nitro benzene ring substituents is 1. The minimum atomic E-state index is -4.91. The first-order chi connectivity index (χ1) is 12.5. The third-order valence-electron chi connectivity index (χ3n) is 3.13. The number of alkyl halides is 3. The molecular weight excluding hydrogens is 436 g/mol. The molecule has 0 fully saturated rings. The standard InChI is InChI=1S/C15H8Cl3F3N2O4/c16-9-4-11(18)13(5-10(9)17)27-6-14(24)22-12-2-1-7(23(25)26)3-8(12)15(19,20)21/h1-5H,6H2,(H,22,24). The Balaban J connectivity index is 2.16. The Labute approximate surface area is 164 Å². The van der Waals surface area contributed by atoms with Gasteiger partial charge in [-0.3, -0.25) is 14.9 Å². The average Bonchev–Trinajstić information content (AvgIpc) is 2.56. The second-order valence-electron chi connectivity index (χ2n) is 5.02. The van der Waals surface area contributed by atoms with Crippen molar-refractivity contribution in [2.24, 2.45) is 0 Å². The van der Waals surface area contributed by atoms with Gasteiger partial charge in [0.25, 0.3) is 11.6 Å². The molecule has 2 rings (SSSR count). The zero-order chi connectivity index (χ0) is 20.4. The summed E-state index contributed by atoms with van der Waals surface area (Å²) < 4.78 is 44.4. The summed E-state index contributed by atoms with van der Waals surface area (Å²) in [6.07, 6.45) is -4.91. The molecule has 0 saturated heterocycles. The van der Waals surface area contributed by atoms with Crippen molar-refractivity contribution in [2.45, 2.75) is 6.18 Å². The first-order valence-electron chi connectivity index (χ1n) is 6.92. The Bertz CT molecular complexity index is 907. The maximum absolute atomic E-state index is 13.1. The van der Waals surface area contributed by atoms with Crippen LogP contribution in [0.4, 0.5) is 24.5 Å². The molecule has 0 aromatic heterocycles. The third kappa shape index (κ3) is 5.38. The summed E-state index contributed by atoms with van der Waals surface area (Å²) in [5.74, 6) is -0.947. The van der Waals surface area contributed by atoms with E-state index in [1.807, 2.05) is 5.32 Å². The molecule has 1 N–H and O–H groups in total. The van der Waals surface area contributed by atoms with E-state index in [9.17, 15) is 28.1 Å². The number of nitro groups is 1. The van der Waals surface area contributed by atoms with E-state index in [-0.39, 0.29) is 20.8 Å². The lowest BCUT2D eigenvalue weighted by Gasteiger charge is -2.14. The summed E-state index contributed by atoms with van der Waals surface area (Å²) in [6.45, 7) is -0.689. The average molecular weight is 444 g/mol. The number of benzene rings is 2. The van der Waals surface area contributed by atoms with Gasteiger partial charge in [-0.2, -0.15) is 13.2 Å². The molecule has 0 unspecified atom stereocenters. The van der Waals surface area contributed by atoms with Crippen molar-refractivity contribution >= 4 is 52.1 Å². The zero-order valence-electron chi connectivity index (χ0n) is 12.9. The van der Waals surface area contributed by atoms with Crippen LogP contribution in [0.25, 0.3) is 0 Å². The van der Waals surface area contributed by atoms with Crippen LogP contribution in [0.3, 0.4) is 0 Å². The number of non-ortho nitro benzene ring substituents is 1. The lowest BCUT2D eigenvalue weighted by Crippen LogP contribution is -2.22. The maximum atomic E-state index is 13.1. The van der Waals surface area contributed by atoms with Crippen LogP contribution in [0, 0.1) is 10.1 Å². The number of carbonyl (C=O) groups excluding carboxylic acids is 1. The van der Waals surface area contributed by atoms with E-state index >= 15 is 0 Å². The summed E-state index contributed by atoms with van der Waals surface area (Å²) >= 11 is 17.4. The Morgan fingerprint density at radius 3 is 2.33 bits per heavy atom. The minimum Gasteiger partial charge on any atom is -0.482 e. The molecule has 0 saturated carbocycles. The smallest absolute Gasteiger partial charge is 0.418 e. The van der Waals surface area contributed by atoms with Crippen LogP contribution in [0.2, 0.25) is 15.1 Å². The van der Waals surface area contributed by atoms with Gasteiger partial charge in [0.15, 0.2) is 6.61 Å². The number of anilines is 1. The summed E-state index contributed by atoms with van der Waals surface area (Å²) in [4.78, 5) is 21.6. The number of carbonyl (C=O) groups is 1. The number of hydrogen-bond acceptors (Lipinski definition) is 4. The van der Waals surface area contributed by atoms with Crippen molar-refractivity contribution in [2.75, 3.05) is 11.9 Å². The molecule has 27 heavy (non-hydrogen) atoms. The van der Waals surface area contributed by atoms with Crippen LogP contribution in [0.5, 0.6) is 5.75 Å². The Kier molecular flexibility index (Phi) is 6.40. The predicted octanol–water partition coefficient (Wildman–Crippen LogP) is 5.59. The van der Waals surface area contributed by atoms with Crippen molar-refractivity contribution in [3.8, 4) is 5.75 Å². The summed E-state index contributed by atoms with van der Waals surface area (Å²) in [7, 11) is 0. The SMILES string of the molecule is O=C(COc1cc(Cl)c(Cl)cc1Cl)Nc1ccc([N+](=O)[O-])cc1C(F)(F)F. The quantitative estimate of drug-likeness (QED) is 0.371. The van der Waals surface area contributed by atoms with Crippen LogP contribution in [-0.2, 0) is 11.0 Å². The molecule has 0 radical (unpaired) electrons. The van der Waals surface area contributed by atoms with Gasteiger partial charge in [0, 0.05) is 18.2 Å². The number of rotatable bonds is 5. The van der Waals surface area contributed by atoms with Crippen LogP contribution >= 0.6 is 34.8 Å². The van der Waals surface area contributed by atoms with E-state index in [1.165, 1.54) is 12.1 Å². The van der Waals surface area contributed by atoms with Crippen LogP contribution in [0.15, 0.2) is 30.3 Å². The second kappa shape index (κ2) is 8.20. The highest BCUT2D eigenvalue weighted by Gasteiger charge is 2.35. The highest BCUT2D eigenvalue weighted by molar-refractivity contribution is 6.43. The molecule has 0 aliphatic rings. The number of hydrogen-bond donors (Lipinski definition) is 1. The molecule has 0 bridgehead atoms. The normalized spacial score (nSPS) is 11.2. The fourth-order valence-electron chi connectivity index (χ4n) is 1.93. The van der Waals surface area contributed by atoms with Gasteiger partial charge < -0.3 is 10.1 Å². The van der Waals surface area contributed by atoms with Crippen molar-refractivity contribution in [1.29, 1.82) is 0 Å². The molecule has 0 spiro atoms. The molecule has 1 amide bonds. The van der Waals surface area contributed by atoms with E-state index in [0.717, 1.165) is 12.1 Å². The Morgan fingerprint density at radius 1 is 1.11 bits per heavy atom. The molecule has 0 atom stereocenters. The highest BCUT2D eigenvalue weighted by atomic mass is 35.5. The summed E-state index contributed by atoms with van der Waals surface area (Å²) in [6, 6.07) is 4.46. The monoisotopic (exact) mass is 442 g/mol. The molecule has 0 aliphatic carbocycles. The summed E-state index contributed by atoms with van der Waals surface area (Å²) in [5.41, 5.74) is -2.78. The third-order valence-corrected chi connectivity index (χ3v) is 4.14. The van der Waals surface area contributed by atoms with Gasteiger partial charge in [-0.15, -0.1) is 0 Å².